The van der Waals surface area contributed by atoms with Gasteiger partial charge in [-0.3, -0.25) is 0 Å². The standard InChI is InChI=1S/C11H14N2O2S/c1-9-4-3-5-10(8-12)11(9)13-6-7-16(2,14)15/h3-5,13H,6-7H2,1-2H3. The number of rotatable bonds is 4. The van der Waals surface area contributed by atoms with Crippen LogP contribution in [0.15, 0.2) is 18.2 Å². The number of aryl methyl sites for hydroxylation is 1. The van der Waals surface area contributed by atoms with Crippen molar-refractivity contribution in [3.05, 3.63) is 29.3 Å². The zero-order valence-electron chi connectivity index (χ0n) is 9.32. The van der Waals surface area contributed by atoms with Crippen LogP contribution < -0.4 is 5.32 Å². The lowest BCUT2D eigenvalue weighted by molar-refractivity contribution is 0.602. The van der Waals surface area contributed by atoms with Crippen LogP contribution in [0.2, 0.25) is 0 Å². The molecule has 0 bridgehead atoms. The molecule has 1 N–H and O–H groups in total. The van der Waals surface area contributed by atoms with Gasteiger partial charge < -0.3 is 5.32 Å². The van der Waals surface area contributed by atoms with Gasteiger partial charge in [-0.2, -0.15) is 5.26 Å². The third-order valence-electron chi connectivity index (χ3n) is 2.17. The van der Waals surface area contributed by atoms with Gasteiger partial charge in [0.15, 0.2) is 0 Å². The largest absolute Gasteiger partial charge is 0.383 e. The molecule has 0 heterocycles. The van der Waals surface area contributed by atoms with Gasteiger partial charge in [-0.05, 0) is 18.6 Å². The molecule has 0 unspecified atom stereocenters. The van der Waals surface area contributed by atoms with Crippen molar-refractivity contribution in [2.24, 2.45) is 0 Å². The van der Waals surface area contributed by atoms with Crippen LogP contribution in [0.1, 0.15) is 11.1 Å². The molecule has 1 aromatic carbocycles. The molecule has 0 aliphatic carbocycles. The van der Waals surface area contributed by atoms with Crippen LogP contribution in [0, 0.1) is 18.3 Å². The fourth-order valence-electron chi connectivity index (χ4n) is 1.36. The molecule has 0 aromatic heterocycles. The highest BCUT2D eigenvalue weighted by atomic mass is 32.2. The Kier molecular flexibility index (Phi) is 3.91. The van der Waals surface area contributed by atoms with Crippen LogP contribution in [-0.2, 0) is 9.84 Å². The Labute approximate surface area is 95.8 Å². The van der Waals surface area contributed by atoms with Gasteiger partial charge in [-0.1, -0.05) is 12.1 Å². The summed E-state index contributed by atoms with van der Waals surface area (Å²) in [4.78, 5) is 0. The van der Waals surface area contributed by atoms with Crippen molar-refractivity contribution in [1.82, 2.24) is 0 Å². The Balaban J connectivity index is 2.78. The molecule has 0 aliphatic heterocycles. The van der Waals surface area contributed by atoms with Crippen molar-refractivity contribution in [3.8, 4) is 6.07 Å². The fourth-order valence-corrected chi connectivity index (χ4v) is 1.83. The predicted octanol–water partition coefficient (Wildman–Crippen LogP) is 1.32. The number of nitrogens with one attached hydrogen (secondary N) is 1. The SMILES string of the molecule is Cc1cccc(C#N)c1NCCS(C)(=O)=O. The molecule has 1 rings (SSSR count). The average Bonchev–Trinajstić information content (AvgIpc) is 2.18. The Hall–Kier alpha value is -1.54. The summed E-state index contributed by atoms with van der Waals surface area (Å²) in [5, 5.41) is 11.9. The molecule has 0 amide bonds. The maximum absolute atomic E-state index is 11.0. The second-order valence-electron chi connectivity index (χ2n) is 3.67. The van der Waals surface area contributed by atoms with E-state index in [1.807, 2.05) is 13.0 Å². The number of nitriles is 1. The van der Waals surface area contributed by atoms with Crippen LogP contribution in [-0.4, -0.2) is 27.0 Å². The first-order chi connectivity index (χ1) is 7.44. The van der Waals surface area contributed by atoms with Crippen LogP contribution in [0.5, 0.6) is 0 Å². The summed E-state index contributed by atoms with van der Waals surface area (Å²) in [7, 11) is -2.97. The van der Waals surface area contributed by atoms with Crippen molar-refractivity contribution < 1.29 is 8.42 Å². The number of para-hydroxylation sites is 1. The van der Waals surface area contributed by atoms with Crippen molar-refractivity contribution in [2.75, 3.05) is 23.9 Å². The van der Waals surface area contributed by atoms with E-state index in [9.17, 15) is 8.42 Å². The predicted molar refractivity (Wildman–Crippen MR) is 64.1 cm³/mol. The molecular weight excluding hydrogens is 224 g/mol. The first kappa shape index (κ1) is 12.5. The molecule has 0 radical (unpaired) electrons. The van der Waals surface area contributed by atoms with Crippen molar-refractivity contribution in [2.45, 2.75) is 6.92 Å². The highest BCUT2D eigenvalue weighted by Gasteiger charge is 2.06. The van der Waals surface area contributed by atoms with Gasteiger partial charge in [0, 0.05) is 12.8 Å². The molecule has 0 saturated heterocycles. The number of sulfone groups is 1. The van der Waals surface area contributed by atoms with E-state index in [4.69, 9.17) is 5.26 Å². The molecule has 16 heavy (non-hydrogen) atoms. The second-order valence-corrected chi connectivity index (χ2v) is 5.93. The fraction of sp³-hybridized carbons (Fsp3) is 0.364. The van der Waals surface area contributed by atoms with Crippen LogP contribution in [0.25, 0.3) is 0 Å². The van der Waals surface area contributed by atoms with E-state index in [0.29, 0.717) is 17.8 Å². The second kappa shape index (κ2) is 4.99. The number of anilines is 1. The summed E-state index contributed by atoms with van der Waals surface area (Å²) >= 11 is 0. The van der Waals surface area contributed by atoms with Gasteiger partial charge >= 0.3 is 0 Å². The van der Waals surface area contributed by atoms with E-state index in [1.165, 1.54) is 6.26 Å². The van der Waals surface area contributed by atoms with E-state index in [-0.39, 0.29) is 5.75 Å². The molecular formula is C11H14N2O2S. The minimum Gasteiger partial charge on any atom is -0.383 e. The first-order valence-corrected chi connectivity index (χ1v) is 6.91. The van der Waals surface area contributed by atoms with E-state index in [2.05, 4.69) is 11.4 Å². The zero-order chi connectivity index (χ0) is 12.2. The Morgan fingerprint density at radius 3 is 2.69 bits per heavy atom. The van der Waals surface area contributed by atoms with Crippen molar-refractivity contribution in [1.29, 1.82) is 5.26 Å². The lowest BCUT2D eigenvalue weighted by Crippen LogP contribution is -2.15. The number of hydrogen-bond donors (Lipinski definition) is 1. The third-order valence-corrected chi connectivity index (χ3v) is 3.11. The Bertz CT molecular complexity index is 515. The van der Waals surface area contributed by atoms with Gasteiger partial charge in [-0.25, -0.2) is 8.42 Å². The first-order valence-electron chi connectivity index (χ1n) is 4.85. The minimum absolute atomic E-state index is 0.0617. The monoisotopic (exact) mass is 238 g/mol. The number of nitrogens with zero attached hydrogens (tertiary/aromatic N) is 1. The average molecular weight is 238 g/mol. The minimum atomic E-state index is -2.97. The van der Waals surface area contributed by atoms with E-state index in [0.717, 1.165) is 5.56 Å². The van der Waals surface area contributed by atoms with Gasteiger partial charge in [0.1, 0.15) is 15.9 Å². The number of benzene rings is 1. The summed E-state index contributed by atoms with van der Waals surface area (Å²) in [5.41, 5.74) is 2.19. The smallest absolute Gasteiger partial charge is 0.149 e. The van der Waals surface area contributed by atoms with Gasteiger partial charge in [-0.15, -0.1) is 0 Å². The van der Waals surface area contributed by atoms with Gasteiger partial charge in [0.2, 0.25) is 0 Å². The normalized spacial score (nSPS) is 10.8. The third kappa shape index (κ3) is 3.55. The quantitative estimate of drug-likeness (QED) is 0.859. The summed E-state index contributed by atoms with van der Waals surface area (Å²) in [5.74, 6) is 0.0617. The summed E-state index contributed by atoms with van der Waals surface area (Å²) in [6, 6.07) is 7.46. The van der Waals surface area contributed by atoms with Crippen LogP contribution >= 0.6 is 0 Å². The molecule has 86 valence electrons. The molecule has 5 heteroatoms. The van der Waals surface area contributed by atoms with Gasteiger partial charge in [0.05, 0.1) is 17.0 Å². The highest BCUT2D eigenvalue weighted by Crippen LogP contribution is 2.19. The molecule has 0 atom stereocenters. The topological polar surface area (TPSA) is 70.0 Å². The number of hydrogen-bond acceptors (Lipinski definition) is 4. The van der Waals surface area contributed by atoms with Crippen molar-refractivity contribution >= 4 is 15.5 Å². The van der Waals surface area contributed by atoms with E-state index in [1.54, 1.807) is 12.1 Å². The molecule has 0 spiro atoms. The van der Waals surface area contributed by atoms with E-state index >= 15 is 0 Å². The molecule has 0 saturated carbocycles. The van der Waals surface area contributed by atoms with Gasteiger partial charge in [0.25, 0.3) is 0 Å². The molecule has 0 fully saturated rings. The summed E-state index contributed by atoms with van der Waals surface area (Å²) in [6.45, 7) is 2.20. The van der Waals surface area contributed by atoms with Crippen molar-refractivity contribution in [3.63, 3.8) is 0 Å². The lowest BCUT2D eigenvalue weighted by atomic mass is 10.1. The molecule has 0 aliphatic rings. The maximum atomic E-state index is 11.0. The summed E-state index contributed by atoms with van der Waals surface area (Å²) < 4.78 is 21.9. The lowest BCUT2D eigenvalue weighted by Gasteiger charge is -2.10. The summed E-state index contributed by atoms with van der Waals surface area (Å²) in [6.07, 6.45) is 1.19. The zero-order valence-corrected chi connectivity index (χ0v) is 10.1. The molecule has 1 aromatic rings. The Morgan fingerprint density at radius 2 is 2.12 bits per heavy atom. The van der Waals surface area contributed by atoms with E-state index < -0.39 is 9.84 Å². The Morgan fingerprint density at radius 1 is 1.44 bits per heavy atom. The van der Waals surface area contributed by atoms with Crippen LogP contribution in [0.4, 0.5) is 5.69 Å². The maximum Gasteiger partial charge on any atom is 0.149 e. The molecule has 4 nitrogen and oxygen atoms in total. The van der Waals surface area contributed by atoms with Crippen LogP contribution in [0.3, 0.4) is 0 Å². The highest BCUT2D eigenvalue weighted by molar-refractivity contribution is 7.90.